The fourth-order valence-electron chi connectivity index (χ4n) is 2.44. The van der Waals surface area contributed by atoms with E-state index in [0.29, 0.717) is 18.5 Å². The normalized spacial score (nSPS) is 10.6. The Balaban J connectivity index is 1.88. The van der Waals surface area contributed by atoms with Crippen molar-refractivity contribution < 1.29 is 14.6 Å². The van der Waals surface area contributed by atoms with E-state index in [9.17, 15) is 9.59 Å². The minimum absolute atomic E-state index is 0.0343. The maximum atomic E-state index is 11.3. The van der Waals surface area contributed by atoms with E-state index in [4.69, 9.17) is 9.84 Å². The lowest BCUT2D eigenvalue weighted by atomic mass is 10.1. The number of nitrogens with zero attached hydrogens (tertiary/aromatic N) is 3. The van der Waals surface area contributed by atoms with Crippen LogP contribution in [0.5, 0.6) is 5.75 Å². The third-order valence-corrected chi connectivity index (χ3v) is 3.59. The first-order valence-corrected chi connectivity index (χ1v) is 7.60. The van der Waals surface area contributed by atoms with Gasteiger partial charge in [0.05, 0.1) is 30.1 Å². The van der Waals surface area contributed by atoms with Crippen LogP contribution in [-0.4, -0.2) is 37.7 Å². The Labute approximate surface area is 142 Å². The molecule has 8 heteroatoms. The smallest absolute Gasteiger partial charge is 0.248 e. The van der Waals surface area contributed by atoms with Crippen LogP contribution in [0.25, 0.3) is 11.4 Å². The third kappa shape index (κ3) is 3.64. The molecule has 3 aromatic heterocycles. The summed E-state index contributed by atoms with van der Waals surface area (Å²) in [4.78, 5) is 29.2. The highest BCUT2D eigenvalue weighted by molar-refractivity contribution is 5.78. The molecule has 128 valence electrons. The second-order valence-corrected chi connectivity index (χ2v) is 5.20. The molecular formula is C17H16N4O4. The number of aromatic nitrogens is 4. The van der Waals surface area contributed by atoms with Crippen LogP contribution in [0, 0.1) is 0 Å². The number of hydrogen-bond acceptors (Lipinski definition) is 6. The summed E-state index contributed by atoms with van der Waals surface area (Å²) in [6.45, 7) is 0.474. The summed E-state index contributed by atoms with van der Waals surface area (Å²) in [5.74, 6) is 0.285. The number of rotatable bonds is 7. The van der Waals surface area contributed by atoms with Crippen molar-refractivity contribution in [1.82, 2.24) is 19.7 Å². The van der Waals surface area contributed by atoms with Gasteiger partial charge in [-0.15, -0.1) is 0 Å². The van der Waals surface area contributed by atoms with Crippen molar-refractivity contribution in [3.63, 3.8) is 0 Å². The van der Waals surface area contributed by atoms with Crippen molar-refractivity contribution in [2.24, 2.45) is 0 Å². The van der Waals surface area contributed by atoms with Crippen molar-refractivity contribution in [3.05, 3.63) is 64.3 Å². The fourth-order valence-corrected chi connectivity index (χ4v) is 2.44. The van der Waals surface area contributed by atoms with Crippen LogP contribution in [0.15, 0.2) is 47.7 Å². The molecule has 25 heavy (non-hydrogen) atoms. The largest absolute Gasteiger partial charge is 0.487 e. The summed E-state index contributed by atoms with van der Waals surface area (Å²) in [5.41, 5.74) is 2.02. The monoisotopic (exact) mass is 340 g/mol. The number of aliphatic hydroxyl groups is 1. The molecule has 0 spiro atoms. The predicted molar refractivity (Wildman–Crippen MR) is 89.3 cm³/mol. The number of carbonyl (C=O) groups excluding carboxylic acids is 1. The van der Waals surface area contributed by atoms with E-state index in [1.165, 1.54) is 12.3 Å². The Hall–Kier alpha value is -3.26. The van der Waals surface area contributed by atoms with Gasteiger partial charge in [0, 0.05) is 30.2 Å². The highest BCUT2D eigenvalue weighted by Crippen LogP contribution is 2.23. The molecule has 0 aliphatic heterocycles. The molecule has 0 amide bonds. The van der Waals surface area contributed by atoms with Gasteiger partial charge in [0.1, 0.15) is 12.4 Å². The van der Waals surface area contributed by atoms with Gasteiger partial charge in [-0.1, -0.05) is 6.07 Å². The number of pyridine rings is 2. The summed E-state index contributed by atoms with van der Waals surface area (Å²) in [5, 5.41) is 13.3. The van der Waals surface area contributed by atoms with E-state index in [-0.39, 0.29) is 30.1 Å². The first kappa shape index (κ1) is 16.6. The van der Waals surface area contributed by atoms with Crippen LogP contribution >= 0.6 is 0 Å². The lowest BCUT2D eigenvalue weighted by Gasteiger charge is -2.12. The van der Waals surface area contributed by atoms with Crippen molar-refractivity contribution >= 4 is 6.29 Å². The van der Waals surface area contributed by atoms with Crippen LogP contribution < -0.4 is 10.3 Å². The molecule has 0 saturated carbocycles. The van der Waals surface area contributed by atoms with Gasteiger partial charge in [0.15, 0.2) is 6.29 Å². The van der Waals surface area contributed by atoms with E-state index in [1.54, 1.807) is 29.2 Å². The Morgan fingerprint density at radius 1 is 1.32 bits per heavy atom. The Morgan fingerprint density at radius 2 is 2.20 bits per heavy atom. The number of ether oxygens (including phenoxy) is 1. The molecule has 0 aromatic carbocycles. The van der Waals surface area contributed by atoms with Crippen LogP contribution in [0.4, 0.5) is 0 Å². The average molecular weight is 340 g/mol. The topological polar surface area (TPSA) is 110 Å². The van der Waals surface area contributed by atoms with Gasteiger partial charge in [-0.3, -0.25) is 19.3 Å². The summed E-state index contributed by atoms with van der Waals surface area (Å²) in [7, 11) is 0. The molecule has 0 saturated heterocycles. The average Bonchev–Trinajstić information content (AvgIpc) is 3.09. The Morgan fingerprint density at radius 3 is 3.00 bits per heavy atom. The molecule has 0 aliphatic rings. The zero-order valence-corrected chi connectivity index (χ0v) is 13.3. The third-order valence-electron chi connectivity index (χ3n) is 3.59. The van der Waals surface area contributed by atoms with Gasteiger partial charge in [-0.25, -0.2) is 0 Å². The first-order valence-electron chi connectivity index (χ1n) is 7.60. The number of H-pyrrole nitrogens is 1. The number of hydrogen-bond donors (Lipinski definition) is 2. The molecule has 3 aromatic rings. The molecule has 0 radical (unpaired) electrons. The number of aliphatic hydroxyl groups excluding tert-OH is 1. The molecule has 0 aliphatic carbocycles. The molecular weight excluding hydrogens is 324 g/mol. The van der Waals surface area contributed by atoms with Gasteiger partial charge >= 0.3 is 0 Å². The Kier molecular flexibility index (Phi) is 5.00. The van der Waals surface area contributed by atoms with E-state index in [0.717, 1.165) is 11.3 Å². The minimum atomic E-state index is -0.371. The maximum Gasteiger partial charge on any atom is 0.248 e. The summed E-state index contributed by atoms with van der Waals surface area (Å²) >= 11 is 0. The zero-order valence-electron chi connectivity index (χ0n) is 13.3. The Bertz CT molecular complexity index is 932. The zero-order chi connectivity index (χ0) is 17.6. The highest BCUT2D eigenvalue weighted by atomic mass is 16.5. The van der Waals surface area contributed by atoms with Crippen LogP contribution in [-0.2, 0) is 13.2 Å². The molecule has 0 atom stereocenters. The van der Waals surface area contributed by atoms with Crippen molar-refractivity contribution in [3.8, 4) is 17.1 Å². The van der Waals surface area contributed by atoms with Crippen molar-refractivity contribution in [2.75, 3.05) is 6.61 Å². The summed E-state index contributed by atoms with van der Waals surface area (Å²) in [6.07, 6.45) is 5.23. The van der Waals surface area contributed by atoms with E-state index in [2.05, 4.69) is 15.1 Å². The maximum absolute atomic E-state index is 11.3. The molecule has 0 bridgehead atoms. The fraction of sp³-hybridized carbons (Fsp3) is 0.176. The van der Waals surface area contributed by atoms with Crippen molar-refractivity contribution in [2.45, 2.75) is 13.2 Å². The minimum Gasteiger partial charge on any atom is -0.487 e. The van der Waals surface area contributed by atoms with Gasteiger partial charge in [0.2, 0.25) is 5.56 Å². The van der Waals surface area contributed by atoms with Gasteiger partial charge in [0.25, 0.3) is 0 Å². The number of aromatic amines is 1. The second-order valence-electron chi connectivity index (χ2n) is 5.20. The quantitative estimate of drug-likeness (QED) is 0.621. The highest BCUT2D eigenvalue weighted by Gasteiger charge is 2.13. The number of aldehydes is 1. The second kappa shape index (κ2) is 7.54. The standard InChI is InChI=1S/C17H16N4O4/c22-7-6-21-14(3-5-20-21)17-12(2-1-4-18-17)11-25-15-9-19-16(24)8-13(15)10-23/h1-5,8-10,22H,6-7,11H2,(H,19,24). The molecule has 8 nitrogen and oxygen atoms in total. The van der Waals surface area contributed by atoms with Gasteiger partial charge < -0.3 is 14.8 Å². The van der Waals surface area contributed by atoms with E-state index in [1.807, 2.05) is 6.07 Å². The summed E-state index contributed by atoms with van der Waals surface area (Å²) < 4.78 is 7.34. The SMILES string of the molecule is O=Cc1cc(=O)[nH]cc1OCc1cccnc1-c1ccnn1CCO. The van der Waals surface area contributed by atoms with Crippen LogP contribution in [0.1, 0.15) is 15.9 Å². The van der Waals surface area contributed by atoms with E-state index < -0.39 is 0 Å². The van der Waals surface area contributed by atoms with Gasteiger partial charge in [-0.2, -0.15) is 5.10 Å². The van der Waals surface area contributed by atoms with Crippen molar-refractivity contribution in [1.29, 1.82) is 0 Å². The lowest BCUT2D eigenvalue weighted by Crippen LogP contribution is -2.10. The van der Waals surface area contributed by atoms with Crippen LogP contribution in [0.2, 0.25) is 0 Å². The molecule has 2 N–H and O–H groups in total. The molecule has 0 fully saturated rings. The summed E-state index contributed by atoms with van der Waals surface area (Å²) in [6, 6.07) is 6.62. The van der Waals surface area contributed by atoms with Crippen LogP contribution in [0.3, 0.4) is 0 Å². The number of nitrogens with one attached hydrogen (secondary N) is 1. The first-order chi connectivity index (χ1) is 12.2. The molecule has 3 heterocycles. The predicted octanol–water partition coefficient (Wildman–Crippen LogP) is 1.02. The van der Waals surface area contributed by atoms with Gasteiger partial charge in [-0.05, 0) is 12.1 Å². The number of carbonyl (C=O) groups is 1. The van der Waals surface area contributed by atoms with E-state index >= 15 is 0 Å². The molecule has 0 unspecified atom stereocenters. The molecule has 3 rings (SSSR count). The lowest BCUT2D eigenvalue weighted by molar-refractivity contribution is 0.111.